The zero-order valence-corrected chi connectivity index (χ0v) is 8.41. The van der Waals surface area contributed by atoms with Gasteiger partial charge in [0.25, 0.3) is 0 Å². The quantitative estimate of drug-likeness (QED) is 0.431. The summed E-state index contributed by atoms with van der Waals surface area (Å²) >= 11 is 0. The minimum Gasteiger partial charge on any atom is -0.264 e. The van der Waals surface area contributed by atoms with Crippen molar-refractivity contribution in [1.82, 2.24) is 0 Å². The van der Waals surface area contributed by atoms with E-state index in [1.54, 1.807) is 0 Å². The van der Waals surface area contributed by atoms with Crippen LogP contribution in [0.15, 0.2) is 0 Å². The van der Waals surface area contributed by atoms with Gasteiger partial charge in [0, 0.05) is 54.4 Å². The monoisotopic (exact) mass is 235 g/mol. The smallest absolute Gasteiger partial charge is 0.264 e. The Morgan fingerprint density at radius 3 is 1.14 bits per heavy atom. The minimum atomic E-state index is -4.67. The van der Waals surface area contributed by atoms with E-state index in [1.807, 2.05) is 0 Å². The molecule has 0 aliphatic rings. The predicted molar refractivity (Wildman–Crippen MR) is 14.2 cm³/mol. The molecule has 4 nitrogen and oxygen atoms in total. The van der Waals surface area contributed by atoms with Gasteiger partial charge in [-0.1, -0.05) is 0 Å². The summed E-state index contributed by atoms with van der Waals surface area (Å²) in [4.78, 5) is 0. The molecule has 0 saturated carbocycles. The van der Waals surface area contributed by atoms with Gasteiger partial charge in [-0.05, 0) is 0 Å². The maximum Gasteiger partial charge on any atom is 0.394 e. The van der Waals surface area contributed by atoms with Crippen LogP contribution in [-0.2, 0) is 64.8 Å². The van der Waals surface area contributed by atoms with Gasteiger partial charge in [0.2, 0.25) is 0 Å². The van der Waals surface area contributed by atoms with E-state index in [9.17, 15) is 0 Å². The van der Waals surface area contributed by atoms with Crippen molar-refractivity contribution in [2.75, 3.05) is 0 Å². The molecule has 0 aromatic rings. The van der Waals surface area contributed by atoms with Crippen LogP contribution in [0.5, 0.6) is 0 Å². The first-order valence-corrected chi connectivity index (χ1v) is 2.10. The maximum absolute atomic E-state index is 8.74. The largest absolute Gasteiger partial charge is 0.394 e. The Balaban J connectivity index is -0.0000000800. The van der Waals surface area contributed by atoms with Crippen molar-refractivity contribution in [3.8, 4) is 0 Å². The van der Waals surface area contributed by atoms with Crippen molar-refractivity contribution < 1.29 is 72.0 Å². The third kappa shape index (κ3) is 87.3. The van der Waals surface area contributed by atoms with E-state index < -0.39 is 10.4 Å². The summed E-state index contributed by atoms with van der Waals surface area (Å²) in [6, 6.07) is 0. The van der Waals surface area contributed by atoms with Crippen molar-refractivity contribution in [2.24, 2.45) is 0 Å². The van der Waals surface area contributed by atoms with Crippen molar-refractivity contribution in [2.45, 2.75) is 0 Å². The second-order valence-electron chi connectivity index (χ2n) is 0.448. The van der Waals surface area contributed by atoms with E-state index >= 15 is 0 Å². The van der Waals surface area contributed by atoms with Crippen LogP contribution in [0.3, 0.4) is 0 Å². The Morgan fingerprint density at radius 1 is 1.14 bits per heavy atom. The van der Waals surface area contributed by atoms with Crippen LogP contribution in [0.4, 0.5) is 0 Å². The first-order chi connectivity index (χ1) is 2.00. The molecule has 0 unspecified atom stereocenters. The molecule has 0 amide bonds. The Labute approximate surface area is 81.4 Å². The molecule has 0 aliphatic heterocycles. The van der Waals surface area contributed by atoms with E-state index in [4.69, 9.17) is 17.5 Å². The Morgan fingerprint density at radius 2 is 1.14 bits per heavy atom. The molecule has 0 fully saturated rings. The Hall–Kier alpha value is 1.69. The van der Waals surface area contributed by atoms with Crippen LogP contribution in [-0.4, -0.2) is 17.5 Å². The van der Waals surface area contributed by atoms with E-state index in [-0.39, 0.29) is 54.4 Å². The molecule has 1 radical (unpaired) electrons. The fourth-order valence-corrected chi connectivity index (χ4v) is 0. The normalized spacial score (nSPS) is 8.29. The van der Waals surface area contributed by atoms with Gasteiger partial charge in [-0.2, -0.15) is 8.42 Å². The molecule has 0 atom stereocenters. The fourth-order valence-electron chi connectivity index (χ4n) is 0. The third-order valence-corrected chi connectivity index (χ3v) is 0. The molecule has 0 aromatic heterocycles. The summed E-state index contributed by atoms with van der Waals surface area (Å²) in [5.41, 5.74) is 0. The van der Waals surface area contributed by atoms with Gasteiger partial charge in [-0.3, -0.25) is 9.11 Å². The molecule has 0 saturated heterocycles. The van der Waals surface area contributed by atoms with Crippen LogP contribution in [0.1, 0.15) is 0 Å². The maximum atomic E-state index is 8.74. The zero-order valence-electron chi connectivity index (χ0n) is 3.20. The summed E-state index contributed by atoms with van der Waals surface area (Å²) in [7, 11) is -4.67. The molecule has 0 bridgehead atoms. The van der Waals surface area contributed by atoms with E-state index in [2.05, 4.69) is 0 Å². The van der Waals surface area contributed by atoms with Crippen LogP contribution in [0.25, 0.3) is 0 Å². The van der Waals surface area contributed by atoms with Gasteiger partial charge >= 0.3 is 10.4 Å². The van der Waals surface area contributed by atoms with E-state index in [0.29, 0.717) is 0 Å². The van der Waals surface area contributed by atoms with Crippen molar-refractivity contribution in [1.29, 1.82) is 0 Å². The minimum absolute atomic E-state index is 0. The summed E-state index contributed by atoms with van der Waals surface area (Å²) in [6.07, 6.45) is 0. The first-order valence-electron chi connectivity index (χ1n) is 0.698. The zero-order chi connectivity index (χ0) is 4.50. The van der Waals surface area contributed by atoms with Crippen molar-refractivity contribution in [3.05, 3.63) is 0 Å². The SMILES string of the molecule is O=S(=O)(O)O.[Ti].[Y]. The molecule has 0 aromatic carbocycles. The molecular formula is H2O4STiY. The molecule has 7 heavy (non-hydrogen) atoms. The van der Waals surface area contributed by atoms with E-state index in [1.165, 1.54) is 0 Å². The number of rotatable bonds is 0. The van der Waals surface area contributed by atoms with Gasteiger partial charge in [-0.25, -0.2) is 0 Å². The second-order valence-corrected chi connectivity index (χ2v) is 1.34. The predicted octanol–water partition coefficient (Wildman–Crippen LogP) is -0.658. The van der Waals surface area contributed by atoms with E-state index in [0.717, 1.165) is 0 Å². The van der Waals surface area contributed by atoms with Crippen molar-refractivity contribution >= 4 is 10.4 Å². The van der Waals surface area contributed by atoms with Crippen LogP contribution < -0.4 is 0 Å². The average Bonchev–Trinajstić information content (AvgIpc) is 0.722. The molecule has 0 rings (SSSR count). The molecule has 2 N–H and O–H groups in total. The van der Waals surface area contributed by atoms with Crippen molar-refractivity contribution in [3.63, 3.8) is 0 Å². The fraction of sp³-hybridized carbons (Fsp3) is 0. The number of hydrogen-bond acceptors (Lipinski definition) is 2. The Kier molecular flexibility index (Phi) is 13.2. The number of hydrogen-bond donors (Lipinski definition) is 2. The molecule has 0 heterocycles. The molecular weight excluding hydrogens is 233 g/mol. The average molecular weight is 235 g/mol. The van der Waals surface area contributed by atoms with Crippen LogP contribution >= 0.6 is 0 Å². The van der Waals surface area contributed by atoms with Gasteiger partial charge < -0.3 is 0 Å². The summed E-state index contributed by atoms with van der Waals surface area (Å²) in [6.45, 7) is 0. The second kappa shape index (κ2) is 5.82. The molecule has 39 valence electrons. The standard InChI is InChI=1S/H2O4S.Ti.Y/c1-5(2,3)4;;/h(H2,1,2,3,4);;. The van der Waals surface area contributed by atoms with Gasteiger partial charge in [0.1, 0.15) is 0 Å². The third-order valence-electron chi connectivity index (χ3n) is 0. The molecule has 0 spiro atoms. The molecule has 7 heteroatoms. The summed E-state index contributed by atoms with van der Waals surface area (Å²) in [5, 5.41) is 0. The van der Waals surface area contributed by atoms with Gasteiger partial charge in [0.15, 0.2) is 0 Å². The van der Waals surface area contributed by atoms with Crippen LogP contribution in [0, 0.1) is 0 Å². The van der Waals surface area contributed by atoms with Gasteiger partial charge in [0.05, 0.1) is 0 Å². The molecule has 0 aliphatic carbocycles. The summed E-state index contributed by atoms with van der Waals surface area (Å²) < 4.78 is 31.6. The van der Waals surface area contributed by atoms with Gasteiger partial charge in [-0.15, -0.1) is 0 Å². The summed E-state index contributed by atoms with van der Waals surface area (Å²) in [5.74, 6) is 0. The topological polar surface area (TPSA) is 74.6 Å². The van der Waals surface area contributed by atoms with Crippen LogP contribution in [0.2, 0.25) is 0 Å². The Bertz CT molecular complexity index is 94.9. The first kappa shape index (κ1) is 15.9.